The third-order valence-electron chi connectivity index (χ3n) is 3.38. The molecule has 0 bridgehead atoms. The molecule has 4 heteroatoms. The van der Waals surface area contributed by atoms with Crippen LogP contribution in [0.3, 0.4) is 0 Å². The van der Waals surface area contributed by atoms with Crippen LogP contribution in [0.5, 0.6) is 0 Å². The van der Waals surface area contributed by atoms with Gasteiger partial charge in [-0.3, -0.25) is 4.79 Å². The average Bonchev–Trinajstić information content (AvgIpc) is 2.34. The Kier molecular flexibility index (Phi) is 9.22. The summed E-state index contributed by atoms with van der Waals surface area (Å²) in [4.78, 5) is 10.6. The Hall–Kier alpha value is -1.13. The number of ether oxygens (including phenoxy) is 1. The van der Waals surface area contributed by atoms with Crippen LogP contribution in [-0.2, 0) is 9.53 Å². The summed E-state index contributed by atoms with van der Waals surface area (Å²) in [5, 5.41) is 19.4. The van der Waals surface area contributed by atoms with E-state index in [-0.39, 0.29) is 5.97 Å². The summed E-state index contributed by atoms with van der Waals surface area (Å²) in [5.41, 5.74) is 1.36. The Morgan fingerprint density at radius 1 is 1.14 bits per heavy atom. The summed E-state index contributed by atoms with van der Waals surface area (Å²) in [5.74, 6) is -0.264. The van der Waals surface area contributed by atoms with Crippen molar-refractivity contribution in [3.8, 4) is 0 Å². The monoisotopic (exact) mass is 298 g/mol. The van der Waals surface area contributed by atoms with Gasteiger partial charge in [-0.25, -0.2) is 0 Å². The van der Waals surface area contributed by atoms with Gasteiger partial charge in [0.25, 0.3) is 0 Å². The van der Waals surface area contributed by atoms with Gasteiger partial charge >= 0.3 is 5.97 Å². The second kappa shape index (κ2) is 9.74. The van der Waals surface area contributed by atoms with Crippen molar-refractivity contribution in [3.05, 3.63) is 23.3 Å². The smallest absolute Gasteiger partial charge is 0.302 e. The van der Waals surface area contributed by atoms with E-state index < -0.39 is 11.7 Å². The van der Waals surface area contributed by atoms with Crippen molar-refractivity contribution in [2.75, 3.05) is 6.61 Å². The summed E-state index contributed by atoms with van der Waals surface area (Å²) >= 11 is 0. The van der Waals surface area contributed by atoms with E-state index >= 15 is 0 Å². The topological polar surface area (TPSA) is 66.8 Å². The van der Waals surface area contributed by atoms with Crippen LogP contribution >= 0.6 is 0 Å². The van der Waals surface area contributed by atoms with Crippen LogP contribution in [0.2, 0.25) is 0 Å². The van der Waals surface area contributed by atoms with Crippen molar-refractivity contribution >= 4 is 5.97 Å². The second-order valence-corrected chi connectivity index (χ2v) is 6.15. The van der Waals surface area contributed by atoms with Crippen molar-refractivity contribution in [3.63, 3.8) is 0 Å². The number of rotatable bonds is 9. The van der Waals surface area contributed by atoms with Crippen molar-refractivity contribution in [1.29, 1.82) is 0 Å². The van der Waals surface area contributed by atoms with Gasteiger partial charge in [-0.1, -0.05) is 17.2 Å². The van der Waals surface area contributed by atoms with Gasteiger partial charge in [-0.15, -0.1) is 0 Å². The number of hydrogen-bond acceptors (Lipinski definition) is 4. The summed E-state index contributed by atoms with van der Waals surface area (Å²) in [6.07, 6.45) is 6.56. The average molecular weight is 298 g/mol. The molecule has 0 saturated carbocycles. The second-order valence-electron chi connectivity index (χ2n) is 6.15. The predicted octanol–water partition coefficient (Wildman–Crippen LogP) is 3.13. The number of aliphatic hydroxyl groups excluding tert-OH is 1. The van der Waals surface area contributed by atoms with E-state index in [0.29, 0.717) is 13.0 Å². The number of hydrogen-bond donors (Lipinski definition) is 2. The van der Waals surface area contributed by atoms with Crippen molar-refractivity contribution in [1.82, 2.24) is 0 Å². The summed E-state index contributed by atoms with van der Waals surface area (Å²) in [6, 6.07) is 0. The largest absolute Gasteiger partial charge is 0.462 e. The van der Waals surface area contributed by atoms with Crippen molar-refractivity contribution in [2.45, 2.75) is 72.0 Å². The molecule has 0 aromatic rings. The van der Waals surface area contributed by atoms with Gasteiger partial charge in [0.1, 0.15) is 6.61 Å². The first kappa shape index (κ1) is 19.9. The summed E-state index contributed by atoms with van der Waals surface area (Å²) in [6.45, 7) is 9.03. The molecule has 0 aliphatic heterocycles. The normalized spacial score (nSPS) is 15.0. The highest BCUT2D eigenvalue weighted by Gasteiger charge is 2.23. The molecule has 0 aromatic carbocycles. The van der Waals surface area contributed by atoms with Crippen LogP contribution < -0.4 is 0 Å². The highest BCUT2D eigenvalue weighted by molar-refractivity contribution is 5.66. The third-order valence-corrected chi connectivity index (χ3v) is 3.38. The van der Waals surface area contributed by atoms with Crippen LogP contribution in [-0.4, -0.2) is 34.5 Å². The van der Waals surface area contributed by atoms with E-state index in [1.807, 2.05) is 19.9 Å². The maximum absolute atomic E-state index is 10.6. The molecule has 0 rings (SSSR count). The molecule has 122 valence electrons. The molecule has 0 heterocycles. The molecule has 2 N–H and O–H groups in total. The van der Waals surface area contributed by atoms with Gasteiger partial charge in [-0.05, 0) is 59.5 Å². The minimum Gasteiger partial charge on any atom is -0.462 e. The lowest BCUT2D eigenvalue weighted by atomic mass is 9.95. The Bertz CT molecular complexity index is 375. The van der Waals surface area contributed by atoms with Crippen LogP contribution in [0.1, 0.15) is 60.3 Å². The van der Waals surface area contributed by atoms with E-state index in [1.54, 1.807) is 13.8 Å². The Labute approximate surface area is 128 Å². The zero-order valence-electron chi connectivity index (χ0n) is 14.0. The van der Waals surface area contributed by atoms with Gasteiger partial charge in [0.2, 0.25) is 0 Å². The van der Waals surface area contributed by atoms with Gasteiger partial charge in [-0.2, -0.15) is 0 Å². The molecule has 0 aromatic heterocycles. The van der Waals surface area contributed by atoms with Crippen LogP contribution in [0, 0.1) is 0 Å². The van der Waals surface area contributed by atoms with Gasteiger partial charge < -0.3 is 14.9 Å². The number of esters is 1. The third kappa shape index (κ3) is 11.2. The number of carbonyl (C=O) groups is 1. The lowest BCUT2D eigenvalue weighted by Crippen LogP contribution is -2.35. The van der Waals surface area contributed by atoms with Crippen molar-refractivity contribution < 1.29 is 19.7 Å². The molecular formula is C17H30O4. The zero-order chi connectivity index (χ0) is 16.5. The highest BCUT2D eigenvalue weighted by Crippen LogP contribution is 2.17. The molecular weight excluding hydrogens is 268 g/mol. The lowest BCUT2D eigenvalue weighted by molar-refractivity contribution is -0.139. The SMILES string of the molecule is CC(=O)OC/C=C(\C)CC/C=C(\C)CC[C@H](O)C(C)(C)O. The first-order valence-corrected chi connectivity index (χ1v) is 7.48. The van der Waals surface area contributed by atoms with E-state index in [4.69, 9.17) is 4.74 Å². The first-order valence-electron chi connectivity index (χ1n) is 7.48. The molecule has 0 aliphatic carbocycles. The first-order chi connectivity index (χ1) is 9.62. The van der Waals surface area contributed by atoms with E-state index in [2.05, 4.69) is 6.08 Å². The molecule has 1 atom stereocenters. The quantitative estimate of drug-likeness (QED) is 0.507. The number of allylic oxidation sites excluding steroid dienone is 3. The van der Waals surface area contributed by atoms with E-state index in [1.165, 1.54) is 18.1 Å². The highest BCUT2D eigenvalue weighted by atomic mass is 16.5. The van der Waals surface area contributed by atoms with Crippen molar-refractivity contribution in [2.24, 2.45) is 0 Å². The fourth-order valence-electron chi connectivity index (χ4n) is 1.77. The molecule has 0 aliphatic rings. The maximum Gasteiger partial charge on any atom is 0.302 e. The molecule has 21 heavy (non-hydrogen) atoms. The van der Waals surface area contributed by atoms with Crippen LogP contribution in [0.15, 0.2) is 23.3 Å². The number of aliphatic hydroxyl groups is 2. The Morgan fingerprint density at radius 2 is 1.71 bits per heavy atom. The van der Waals surface area contributed by atoms with E-state index in [0.717, 1.165) is 19.3 Å². The number of carbonyl (C=O) groups excluding carboxylic acids is 1. The maximum atomic E-state index is 10.6. The molecule has 0 unspecified atom stereocenters. The standard InChI is InChI=1S/C17H30O4/c1-13(9-10-16(19)17(4,5)20)7-6-8-14(2)11-12-21-15(3)18/h7,11,16,19-20H,6,8-10,12H2,1-5H3/b13-7+,14-11+/t16-/m0/s1. The molecule has 0 radical (unpaired) electrons. The summed E-state index contributed by atoms with van der Waals surface area (Å²) in [7, 11) is 0. The molecule has 0 amide bonds. The summed E-state index contributed by atoms with van der Waals surface area (Å²) < 4.78 is 4.85. The fourth-order valence-corrected chi connectivity index (χ4v) is 1.77. The molecule has 0 fully saturated rings. The molecule has 0 saturated heterocycles. The lowest BCUT2D eigenvalue weighted by Gasteiger charge is -2.24. The minimum absolute atomic E-state index is 0.264. The Morgan fingerprint density at radius 3 is 2.24 bits per heavy atom. The molecule has 4 nitrogen and oxygen atoms in total. The van der Waals surface area contributed by atoms with Gasteiger partial charge in [0.05, 0.1) is 11.7 Å². The van der Waals surface area contributed by atoms with Crippen LogP contribution in [0.4, 0.5) is 0 Å². The van der Waals surface area contributed by atoms with Crippen LogP contribution in [0.25, 0.3) is 0 Å². The zero-order valence-corrected chi connectivity index (χ0v) is 14.0. The van der Waals surface area contributed by atoms with Gasteiger partial charge in [0, 0.05) is 6.92 Å². The predicted molar refractivity (Wildman–Crippen MR) is 84.9 cm³/mol. The van der Waals surface area contributed by atoms with Gasteiger partial charge in [0.15, 0.2) is 0 Å². The minimum atomic E-state index is -1.05. The molecule has 0 spiro atoms. The fraction of sp³-hybridized carbons (Fsp3) is 0.706. The Balaban J connectivity index is 3.99. The van der Waals surface area contributed by atoms with E-state index in [9.17, 15) is 15.0 Å².